The monoisotopic (exact) mass is 506 g/mol. The molecule has 0 spiro atoms. The van der Waals surface area contributed by atoms with E-state index in [9.17, 15) is 17.2 Å². The number of methoxy groups -OCH3 is 2. The molecule has 11 nitrogen and oxygen atoms in total. The van der Waals surface area contributed by atoms with Crippen molar-refractivity contribution < 1.29 is 31.4 Å². The smallest absolute Gasteiger partial charge is 0.387 e. The van der Waals surface area contributed by atoms with Crippen molar-refractivity contribution >= 4 is 38.4 Å². The van der Waals surface area contributed by atoms with Gasteiger partial charge < -0.3 is 24.1 Å². The van der Waals surface area contributed by atoms with Gasteiger partial charge in [0.05, 0.1) is 37.3 Å². The highest BCUT2D eigenvalue weighted by Crippen LogP contribution is 2.42. The van der Waals surface area contributed by atoms with Gasteiger partial charge in [0, 0.05) is 25.4 Å². The number of hydrogen-bond donors (Lipinski definition) is 2. The third-order valence-electron chi connectivity index (χ3n) is 4.69. The van der Waals surface area contributed by atoms with Gasteiger partial charge in [-0.2, -0.15) is 17.2 Å². The molecule has 2 aromatic heterocycles. The molecule has 0 aliphatic carbocycles. The topological polar surface area (TPSA) is 129 Å². The maximum absolute atomic E-state index is 12.9. The Morgan fingerprint density at radius 3 is 2.29 bits per heavy atom. The number of rotatable bonds is 9. The zero-order valence-electron chi connectivity index (χ0n) is 18.7. The van der Waals surface area contributed by atoms with Gasteiger partial charge in [-0.1, -0.05) is 12.1 Å². The van der Waals surface area contributed by atoms with Crippen molar-refractivity contribution in [2.75, 3.05) is 24.3 Å². The summed E-state index contributed by atoms with van der Waals surface area (Å²) in [5.41, 5.74) is 0.975. The number of ether oxygens (including phenoxy) is 3. The summed E-state index contributed by atoms with van der Waals surface area (Å²) in [6, 6.07) is 9.26. The molecule has 184 valence electrons. The number of alkyl halides is 2. The Labute approximate surface area is 198 Å². The molecule has 14 heteroatoms. The van der Waals surface area contributed by atoms with Crippen LogP contribution in [0.3, 0.4) is 0 Å². The maximum atomic E-state index is 12.9. The van der Waals surface area contributed by atoms with E-state index in [2.05, 4.69) is 29.7 Å². The van der Waals surface area contributed by atoms with E-state index in [4.69, 9.17) is 9.47 Å². The fraction of sp³-hybridized carbons (Fsp3) is 0.190. The van der Waals surface area contributed by atoms with Crippen molar-refractivity contribution in [3.8, 4) is 17.2 Å². The zero-order chi connectivity index (χ0) is 25.2. The van der Waals surface area contributed by atoms with Crippen molar-refractivity contribution in [2.24, 2.45) is 7.05 Å². The number of aryl methyl sites for hydroxylation is 1. The second-order valence-electron chi connectivity index (χ2n) is 7.10. The van der Waals surface area contributed by atoms with Gasteiger partial charge in [0.25, 0.3) is 10.0 Å². The van der Waals surface area contributed by atoms with Crippen LogP contribution in [0.25, 0.3) is 11.0 Å². The molecule has 0 radical (unpaired) electrons. The third kappa shape index (κ3) is 5.16. The predicted octanol–water partition coefficient (Wildman–Crippen LogP) is 3.53. The van der Waals surface area contributed by atoms with Crippen molar-refractivity contribution in [3.05, 3.63) is 48.9 Å². The molecule has 0 aliphatic heterocycles. The molecule has 0 saturated carbocycles. The molecule has 2 heterocycles. The van der Waals surface area contributed by atoms with Gasteiger partial charge >= 0.3 is 6.61 Å². The van der Waals surface area contributed by atoms with Gasteiger partial charge in [0.2, 0.25) is 0 Å². The normalized spacial score (nSPS) is 11.5. The van der Waals surface area contributed by atoms with Gasteiger partial charge in [-0.15, -0.1) is 0 Å². The number of aromatic nitrogens is 4. The Hall–Kier alpha value is -4.20. The average molecular weight is 506 g/mol. The van der Waals surface area contributed by atoms with Crippen molar-refractivity contribution in [2.45, 2.75) is 11.6 Å². The highest BCUT2D eigenvalue weighted by atomic mass is 32.2. The van der Waals surface area contributed by atoms with Crippen LogP contribution < -0.4 is 24.2 Å². The Morgan fingerprint density at radius 1 is 1.03 bits per heavy atom. The SMILES string of the molecule is COc1cc(OC(F)F)cc(Nc2nc3ccccc3nc2NS(=O)(=O)c2cn(C)cn2)c1OC. The van der Waals surface area contributed by atoms with Gasteiger partial charge in [-0.3, -0.25) is 4.72 Å². The summed E-state index contributed by atoms with van der Waals surface area (Å²) in [4.78, 5) is 12.7. The zero-order valence-corrected chi connectivity index (χ0v) is 19.5. The molecule has 4 aromatic rings. The first kappa shape index (κ1) is 23.9. The van der Waals surface area contributed by atoms with Crippen molar-refractivity contribution in [1.82, 2.24) is 19.5 Å². The standard InChI is InChI=1S/C21H20F2N6O5S/c1-29-10-17(24-11-29)35(30,31)28-20-19(25-13-6-4-5-7-14(13)26-20)27-15-8-12(34-21(22)23)9-16(32-2)18(15)33-3/h4-11,21H,1-3H3,(H,25,27)(H,26,28). The van der Waals surface area contributed by atoms with E-state index in [1.807, 2.05) is 0 Å². The molecule has 0 saturated heterocycles. The fourth-order valence-corrected chi connectivity index (χ4v) is 4.19. The fourth-order valence-electron chi connectivity index (χ4n) is 3.20. The number of nitrogens with zero attached hydrogens (tertiary/aromatic N) is 4. The Kier molecular flexibility index (Phi) is 6.55. The first-order chi connectivity index (χ1) is 16.7. The van der Waals surface area contributed by atoms with E-state index < -0.39 is 16.6 Å². The first-order valence-electron chi connectivity index (χ1n) is 9.95. The summed E-state index contributed by atoms with van der Waals surface area (Å²) in [6.45, 7) is -3.08. The summed E-state index contributed by atoms with van der Waals surface area (Å²) in [7, 11) is 0.179. The number of halogens is 2. The molecule has 0 fully saturated rings. The van der Waals surface area contributed by atoms with Crippen LogP contribution in [0.15, 0.2) is 53.9 Å². The number of imidazole rings is 1. The van der Waals surface area contributed by atoms with Crippen LogP contribution in [-0.4, -0.2) is 48.8 Å². The van der Waals surface area contributed by atoms with Gasteiger partial charge in [-0.25, -0.2) is 15.0 Å². The largest absolute Gasteiger partial charge is 0.493 e. The number of benzene rings is 2. The number of sulfonamides is 1. The van der Waals surface area contributed by atoms with E-state index in [0.29, 0.717) is 11.0 Å². The minimum Gasteiger partial charge on any atom is -0.493 e. The van der Waals surface area contributed by atoms with Crippen LogP contribution >= 0.6 is 0 Å². The van der Waals surface area contributed by atoms with Crippen LogP contribution in [-0.2, 0) is 17.1 Å². The molecule has 2 aromatic carbocycles. The van der Waals surface area contributed by atoms with Gasteiger partial charge in [0.15, 0.2) is 28.2 Å². The highest BCUT2D eigenvalue weighted by Gasteiger charge is 2.23. The van der Waals surface area contributed by atoms with E-state index in [-0.39, 0.29) is 39.6 Å². The summed E-state index contributed by atoms with van der Waals surface area (Å²) in [5.74, 6) is -0.169. The molecule has 2 N–H and O–H groups in total. The Balaban J connectivity index is 1.83. The van der Waals surface area contributed by atoms with E-state index >= 15 is 0 Å². The van der Waals surface area contributed by atoms with Crippen LogP contribution in [0.5, 0.6) is 17.2 Å². The predicted molar refractivity (Wildman–Crippen MR) is 123 cm³/mol. The number of anilines is 3. The van der Waals surface area contributed by atoms with Crippen molar-refractivity contribution in [3.63, 3.8) is 0 Å². The van der Waals surface area contributed by atoms with Crippen LogP contribution in [0.2, 0.25) is 0 Å². The first-order valence-corrected chi connectivity index (χ1v) is 11.4. The minimum atomic E-state index is -4.13. The van der Waals surface area contributed by atoms with E-state index in [0.717, 1.165) is 0 Å². The van der Waals surface area contributed by atoms with Crippen LogP contribution in [0.1, 0.15) is 0 Å². The molecular formula is C21H20F2N6O5S. The third-order valence-corrected chi connectivity index (χ3v) is 5.91. The quantitative estimate of drug-likeness (QED) is 0.350. The molecule has 0 bridgehead atoms. The lowest BCUT2D eigenvalue weighted by Gasteiger charge is -2.18. The Morgan fingerprint density at radius 2 is 1.71 bits per heavy atom. The van der Waals surface area contributed by atoms with E-state index in [1.54, 1.807) is 31.3 Å². The highest BCUT2D eigenvalue weighted by molar-refractivity contribution is 7.92. The number of fused-ring (bicyclic) bond motifs is 1. The molecule has 0 atom stereocenters. The lowest BCUT2D eigenvalue weighted by molar-refractivity contribution is -0.0499. The van der Waals surface area contributed by atoms with Crippen LogP contribution in [0.4, 0.5) is 26.1 Å². The second-order valence-corrected chi connectivity index (χ2v) is 8.73. The summed E-state index contributed by atoms with van der Waals surface area (Å²) in [6.07, 6.45) is 2.66. The molecule has 0 aliphatic rings. The van der Waals surface area contributed by atoms with Gasteiger partial charge in [0.1, 0.15) is 5.75 Å². The maximum Gasteiger partial charge on any atom is 0.387 e. The summed E-state index contributed by atoms with van der Waals surface area (Å²) in [5, 5.41) is 2.67. The van der Waals surface area contributed by atoms with Gasteiger partial charge in [-0.05, 0) is 12.1 Å². The number of hydrogen-bond acceptors (Lipinski definition) is 9. The molecule has 35 heavy (non-hydrogen) atoms. The molecule has 4 rings (SSSR count). The summed E-state index contributed by atoms with van der Waals surface area (Å²) >= 11 is 0. The molecule has 0 amide bonds. The minimum absolute atomic E-state index is 0.0299. The number of nitrogens with one attached hydrogen (secondary N) is 2. The second kappa shape index (κ2) is 9.58. The lowest BCUT2D eigenvalue weighted by atomic mass is 10.2. The summed E-state index contributed by atoms with van der Waals surface area (Å²) < 4.78 is 70.5. The molecule has 0 unspecified atom stereocenters. The van der Waals surface area contributed by atoms with Crippen molar-refractivity contribution in [1.29, 1.82) is 0 Å². The molecular weight excluding hydrogens is 486 g/mol. The van der Waals surface area contributed by atoms with E-state index in [1.165, 1.54) is 43.4 Å². The number of para-hydroxylation sites is 2. The van der Waals surface area contributed by atoms with Crippen LogP contribution in [0, 0.1) is 0 Å². The Bertz CT molecular complexity index is 1480. The average Bonchev–Trinajstić information content (AvgIpc) is 3.26. The lowest BCUT2D eigenvalue weighted by Crippen LogP contribution is -2.16.